The highest BCUT2D eigenvalue weighted by Gasteiger charge is 2.68. The Kier molecular flexibility index (Phi) is 7.11. The lowest BCUT2D eigenvalue weighted by molar-refractivity contribution is -0.186. The fraction of sp³-hybridized carbons (Fsp3) is 0.545. The summed E-state index contributed by atoms with van der Waals surface area (Å²) in [6.45, 7) is 8.69. The lowest BCUT2D eigenvalue weighted by atomic mass is 9.50. The molecule has 5 rings (SSSR count). The maximum Gasteiger partial charge on any atom is 0.303 e. The normalized spacial score (nSPS) is 31.5. The van der Waals surface area contributed by atoms with E-state index in [1.54, 1.807) is 0 Å². The first kappa shape index (κ1) is 27.4. The third-order valence-electron chi connectivity index (χ3n) is 9.96. The van der Waals surface area contributed by atoms with Gasteiger partial charge in [-0.05, 0) is 85.6 Å². The number of nitrogens with zero attached hydrogens (tertiary/aromatic N) is 1. The van der Waals surface area contributed by atoms with Crippen molar-refractivity contribution in [2.75, 3.05) is 25.6 Å². The molecule has 0 bridgehead atoms. The molecule has 208 valence electrons. The van der Waals surface area contributed by atoms with Gasteiger partial charge in [0, 0.05) is 45.0 Å². The Morgan fingerprint density at radius 2 is 1.74 bits per heavy atom. The van der Waals surface area contributed by atoms with Gasteiger partial charge in [-0.25, -0.2) is 0 Å². The number of allylic oxidation sites excluding steroid dienone is 5. The van der Waals surface area contributed by atoms with Crippen molar-refractivity contribution >= 4 is 23.4 Å². The standard InChI is InChI=1S/C33H41NO5/c1-20-7-13-26-24(17-20)10-14-27-29-15-16-33(39-22(3)36,30(37)19-38-21(2)35)32(29,4)18-28(31(26)27)23-8-11-25(12-9-23)34(5)6/h8-9,11-12,17,27-29H,1,7,10,13-16,18-19H2,2-6H3/t27?,28?,29?,32-,33-/m0/s1. The van der Waals surface area contributed by atoms with E-state index in [1.807, 2.05) is 14.1 Å². The molecule has 0 heterocycles. The zero-order chi connectivity index (χ0) is 28.1. The second kappa shape index (κ2) is 10.1. The van der Waals surface area contributed by atoms with Crippen molar-refractivity contribution in [3.63, 3.8) is 0 Å². The van der Waals surface area contributed by atoms with Gasteiger partial charge in [-0.2, -0.15) is 0 Å². The van der Waals surface area contributed by atoms with Crippen molar-refractivity contribution < 1.29 is 23.9 Å². The van der Waals surface area contributed by atoms with E-state index in [0.717, 1.165) is 37.8 Å². The summed E-state index contributed by atoms with van der Waals surface area (Å²) in [6.07, 6.45) is 8.24. The number of Topliss-reactive ketones (excluding diaryl/α,β-unsaturated/α-hetero) is 1. The molecule has 6 nitrogen and oxygen atoms in total. The molecule has 4 aliphatic rings. The Labute approximate surface area is 232 Å². The largest absolute Gasteiger partial charge is 0.458 e. The van der Waals surface area contributed by atoms with Crippen LogP contribution in [-0.2, 0) is 23.9 Å². The number of carbonyl (C=O) groups is 3. The van der Waals surface area contributed by atoms with Crippen LogP contribution in [0.5, 0.6) is 0 Å². The van der Waals surface area contributed by atoms with Crippen LogP contribution in [0.4, 0.5) is 5.69 Å². The van der Waals surface area contributed by atoms with E-state index in [2.05, 4.69) is 48.7 Å². The lowest BCUT2D eigenvalue weighted by Gasteiger charge is -2.55. The SMILES string of the molecule is C=C1C=C2CCC3C(=C2CC1)C(c1ccc(N(C)C)cc1)C[C@@]1(C)C3CC[C@]1(OC(C)=O)C(=O)COC(C)=O. The summed E-state index contributed by atoms with van der Waals surface area (Å²) in [6, 6.07) is 8.76. The zero-order valence-electron chi connectivity index (χ0n) is 24.0. The molecule has 0 radical (unpaired) electrons. The minimum Gasteiger partial charge on any atom is -0.458 e. The number of rotatable bonds is 6. The van der Waals surface area contributed by atoms with E-state index in [-0.39, 0.29) is 24.2 Å². The van der Waals surface area contributed by atoms with Crippen molar-refractivity contribution in [1.82, 2.24) is 0 Å². The molecule has 3 unspecified atom stereocenters. The Bertz CT molecular complexity index is 1270. The highest BCUT2D eigenvalue weighted by atomic mass is 16.6. The summed E-state index contributed by atoms with van der Waals surface area (Å²) in [4.78, 5) is 40.1. The number of benzene rings is 1. The Hall–Kier alpha value is -3.15. The van der Waals surface area contributed by atoms with E-state index < -0.39 is 23.0 Å². The number of carbonyl (C=O) groups excluding carboxylic acids is 3. The number of hydrogen-bond donors (Lipinski definition) is 0. The van der Waals surface area contributed by atoms with E-state index in [4.69, 9.17) is 9.47 Å². The van der Waals surface area contributed by atoms with Gasteiger partial charge in [0.05, 0.1) is 0 Å². The molecule has 2 fully saturated rings. The van der Waals surface area contributed by atoms with Gasteiger partial charge < -0.3 is 14.4 Å². The first-order chi connectivity index (χ1) is 18.5. The van der Waals surface area contributed by atoms with E-state index in [1.165, 1.54) is 41.7 Å². The van der Waals surface area contributed by atoms with E-state index >= 15 is 0 Å². The molecular formula is C33H41NO5. The Balaban J connectivity index is 1.66. The van der Waals surface area contributed by atoms with Crippen LogP contribution in [0, 0.1) is 17.3 Å². The summed E-state index contributed by atoms with van der Waals surface area (Å²) < 4.78 is 11.2. The molecule has 1 aromatic rings. The molecule has 6 heteroatoms. The smallest absolute Gasteiger partial charge is 0.303 e. The number of ether oxygens (including phenoxy) is 2. The van der Waals surface area contributed by atoms with Gasteiger partial charge in [-0.15, -0.1) is 0 Å². The fourth-order valence-corrected chi connectivity index (χ4v) is 8.25. The first-order valence-corrected chi connectivity index (χ1v) is 14.2. The molecule has 0 aromatic heterocycles. The first-order valence-electron chi connectivity index (χ1n) is 14.2. The van der Waals surface area contributed by atoms with Gasteiger partial charge in [-0.1, -0.05) is 42.9 Å². The van der Waals surface area contributed by atoms with E-state index in [9.17, 15) is 14.4 Å². The van der Waals surface area contributed by atoms with Crippen molar-refractivity contribution in [3.8, 4) is 0 Å². The minimum absolute atomic E-state index is 0.104. The predicted molar refractivity (Wildman–Crippen MR) is 151 cm³/mol. The Morgan fingerprint density at radius 1 is 1.03 bits per heavy atom. The van der Waals surface area contributed by atoms with Crippen LogP contribution >= 0.6 is 0 Å². The summed E-state index contributed by atoms with van der Waals surface area (Å²) in [5.74, 6) is -0.678. The van der Waals surface area contributed by atoms with Gasteiger partial charge in [0.15, 0.2) is 12.2 Å². The monoisotopic (exact) mass is 531 g/mol. The van der Waals surface area contributed by atoms with Gasteiger partial charge in [0.2, 0.25) is 5.78 Å². The number of hydrogen-bond acceptors (Lipinski definition) is 6. The summed E-state index contributed by atoms with van der Waals surface area (Å²) >= 11 is 0. The molecule has 2 saturated carbocycles. The van der Waals surface area contributed by atoms with Gasteiger partial charge in [-0.3, -0.25) is 14.4 Å². The quantitative estimate of drug-likeness (QED) is 0.415. The third-order valence-corrected chi connectivity index (χ3v) is 9.96. The highest BCUT2D eigenvalue weighted by molar-refractivity contribution is 5.93. The minimum atomic E-state index is -1.31. The van der Waals surface area contributed by atoms with Gasteiger partial charge in [0.25, 0.3) is 0 Å². The van der Waals surface area contributed by atoms with Crippen molar-refractivity contribution in [3.05, 3.63) is 64.8 Å². The maximum atomic E-state index is 13.9. The van der Waals surface area contributed by atoms with Crippen molar-refractivity contribution in [2.24, 2.45) is 17.3 Å². The molecular weight excluding hydrogens is 490 g/mol. The second-order valence-electron chi connectivity index (χ2n) is 12.3. The average Bonchev–Trinajstić information content (AvgIpc) is 3.18. The zero-order valence-corrected chi connectivity index (χ0v) is 24.0. The number of anilines is 1. The lowest BCUT2D eigenvalue weighted by Crippen LogP contribution is -2.58. The molecule has 1 aromatic carbocycles. The molecule has 0 aliphatic heterocycles. The van der Waals surface area contributed by atoms with Crippen LogP contribution in [0.1, 0.15) is 77.2 Å². The van der Waals surface area contributed by atoms with Crippen LogP contribution in [0.15, 0.2) is 59.2 Å². The molecule has 0 amide bonds. The number of fused-ring (bicyclic) bond motifs is 4. The number of esters is 2. The van der Waals surface area contributed by atoms with Crippen LogP contribution in [-0.4, -0.2) is 44.0 Å². The summed E-state index contributed by atoms with van der Waals surface area (Å²) in [7, 11) is 4.07. The van der Waals surface area contributed by atoms with Crippen molar-refractivity contribution in [1.29, 1.82) is 0 Å². The molecule has 0 spiro atoms. The highest BCUT2D eigenvalue weighted by Crippen LogP contribution is 2.68. The van der Waals surface area contributed by atoms with Crippen LogP contribution in [0.2, 0.25) is 0 Å². The molecule has 39 heavy (non-hydrogen) atoms. The third kappa shape index (κ3) is 4.56. The maximum absolute atomic E-state index is 13.9. The van der Waals surface area contributed by atoms with Gasteiger partial charge >= 0.3 is 11.9 Å². The van der Waals surface area contributed by atoms with Crippen molar-refractivity contribution in [2.45, 2.75) is 77.2 Å². The van der Waals surface area contributed by atoms with Crippen LogP contribution in [0.25, 0.3) is 0 Å². The Morgan fingerprint density at radius 3 is 2.38 bits per heavy atom. The van der Waals surface area contributed by atoms with Gasteiger partial charge in [0.1, 0.15) is 0 Å². The molecule has 4 aliphatic carbocycles. The second-order valence-corrected chi connectivity index (χ2v) is 12.3. The average molecular weight is 532 g/mol. The topological polar surface area (TPSA) is 72.9 Å². The van der Waals surface area contributed by atoms with Crippen LogP contribution in [0.3, 0.4) is 0 Å². The predicted octanol–water partition coefficient (Wildman–Crippen LogP) is 6.07. The molecule has 5 atom stereocenters. The van der Waals surface area contributed by atoms with Crippen LogP contribution < -0.4 is 4.90 Å². The summed E-state index contributed by atoms with van der Waals surface area (Å²) in [5.41, 5.74) is 6.09. The molecule has 0 saturated heterocycles. The molecule has 0 N–H and O–H groups in total. The summed E-state index contributed by atoms with van der Waals surface area (Å²) in [5, 5.41) is 0. The fourth-order valence-electron chi connectivity index (χ4n) is 8.25. The van der Waals surface area contributed by atoms with E-state index in [0.29, 0.717) is 18.8 Å². The number of ketones is 1.